The molecule has 0 N–H and O–H groups in total. The van der Waals surface area contributed by atoms with Crippen molar-refractivity contribution in [3.63, 3.8) is 0 Å². The monoisotopic (exact) mass is 1240 g/mol. The summed E-state index contributed by atoms with van der Waals surface area (Å²) >= 11 is 0. The van der Waals surface area contributed by atoms with E-state index in [0.717, 1.165) is 6.54 Å². The number of hydrogen-bond donors (Lipinski definition) is 0. The quantitative estimate of drug-likeness (QED) is 0.163. The predicted molar refractivity (Wildman–Crippen MR) is 431 cm³/mol. The minimum absolute atomic E-state index is 0.198. The van der Waals surface area contributed by atoms with Gasteiger partial charge in [-0.25, -0.2) is 0 Å². The molecule has 4 nitrogen and oxygen atoms in total. The fourth-order valence-electron chi connectivity index (χ4n) is 10.7. The van der Waals surface area contributed by atoms with Crippen LogP contribution in [0.3, 0.4) is 0 Å². The molecule has 9 aromatic rings. The van der Waals surface area contributed by atoms with E-state index in [1.807, 2.05) is 125 Å². The minimum atomic E-state index is 0.198. The molecular weight excluding hydrogens is 1110 g/mol. The van der Waals surface area contributed by atoms with Crippen molar-refractivity contribution in [2.24, 2.45) is 0 Å². The van der Waals surface area contributed by atoms with Crippen LogP contribution >= 0.6 is 0 Å². The van der Waals surface area contributed by atoms with E-state index in [1.54, 1.807) is 0 Å². The highest BCUT2D eigenvalue weighted by atomic mass is 15.2. The second kappa shape index (κ2) is 52.9. The molecular formula is C86H128B2N4. The van der Waals surface area contributed by atoms with Crippen LogP contribution in [0.5, 0.6) is 0 Å². The van der Waals surface area contributed by atoms with Crippen molar-refractivity contribution in [2.45, 2.75) is 213 Å². The van der Waals surface area contributed by atoms with Crippen molar-refractivity contribution < 1.29 is 0 Å². The van der Waals surface area contributed by atoms with Crippen LogP contribution in [0, 0.1) is 0 Å². The minimum Gasteiger partial charge on any atom is -0.343 e. The summed E-state index contributed by atoms with van der Waals surface area (Å²) in [6, 6.07) is 81.1. The molecule has 0 bridgehead atoms. The van der Waals surface area contributed by atoms with Crippen LogP contribution in [-0.2, 0) is 0 Å². The highest BCUT2D eigenvalue weighted by Gasteiger charge is 2.44. The van der Waals surface area contributed by atoms with E-state index in [1.165, 1.54) is 121 Å². The van der Waals surface area contributed by atoms with Crippen LogP contribution in [0.15, 0.2) is 224 Å². The molecule has 0 saturated carbocycles. The zero-order valence-corrected chi connectivity index (χ0v) is 63.3. The molecule has 4 aliphatic heterocycles. The van der Waals surface area contributed by atoms with Crippen LogP contribution in [0.2, 0.25) is 0 Å². The number of hydrogen-bond acceptors (Lipinski definition) is 4. The zero-order valence-electron chi connectivity index (χ0n) is 63.3. The molecule has 0 radical (unpaired) electrons. The van der Waals surface area contributed by atoms with Crippen molar-refractivity contribution in [1.29, 1.82) is 0 Å². The lowest BCUT2D eigenvalue weighted by molar-refractivity contribution is 1.03. The third-order valence-electron chi connectivity index (χ3n) is 13.1. The highest BCUT2D eigenvalue weighted by Crippen LogP contribution is 2.44. The van der Waals surface area contributed by atoms with Gasteiger partial charge in [0.1, 0.15) is 0 Å². The molecule has 6 heteroatoms. The van der Waals surface area contributed by atoms with E-state index < -0.39 is 0 Å². The van der Waals surface area contributed by atoms with Gasteiger partial charge in [-0.3, -0.25) is 0 Å². The van der Waals surface area contributed by atoms with Gasteiger partial charge in [0.2, 0.25) is 0 Å². The molecule has 0 unspecified atom stereocenters. The van der Waals surface area contributed by atoms with Crippen molar-refractivity contribution in [2.75, 3.05) is 26.1 Å². The molecule has 92 heavy (non-hydrogen) atoms. The molecule has 0 spiro atoms. The summed E-state index contributed by atoms with van der Waals surface area (Å²) in [6.45, 7) is 56.6. The topological polar surface area (TPSA) is 13.0 Å². The lowest BCUT2D eigenvalue weighted by Crippen LogP contribution is -2.61. The van der Waals surface area contributed by atoms with Gasteiger partial charge in [0.25, 0.3) is 13.4 Å². The smallest absolute Gasteiger partial charge is 0.252 e. The summed E-state index contributed by atoms with van der Waals surface area (Å²) in [6.07, 6.45) is 5.00. The van der Waals surface area contributed by atoms with Gasteiger partial charge >= 0.3 is 0 Å². The van der Waals surface area contributed by atoms with E-state index in [9.17, 15) is 0 Å². The average molecular weight is 1240 g/mol. The van der Waals surface area contributed by atoms with Gasteiger partial charge in [-0.15, -0.1) is 0 Å². The molecule has 13 rings (SSSR count). The van der Waals surface area contributed by atoms with Gasteiger partial charge in [-0.05, 0) is 125 Å². The van der Waals surface area contributed by atoms with Crippen molar-refractivity contribution in [3.05, 3.63) is 224 Å². The van der Waals surface area contributed by atoms with Gasteiger partial charge in [-0.2, -0.15) is 0 Å². The van der Waals surface area contributed by atoms with Crippen LogP contribution in [0.1, 0.15) is 213 Å². The van der Waals surface area contributed by atoms with Gasteiger partial charge in [0.15, 0.2) is 0 Å². The third-order valence-corrected chi connectivity index (χ3v) is 13.1. The SMILES string of the molecule is CC.CC.CC.CC.CC.CC.CC.CC.CC.CCC.CCC.CCC.CCC.CCN1c2ccccc2B2c3ccccc3N(c3ccccc3)c3cccc1c32.c1ccc(N2c3ccccc3B3c4ccccc4N(c4ccccc4)c4cccc2c43)cc1. The summed E-state index contributed by atoms with van der Waals surface area (Å²) in [7, 11) is 0. The van der Waals surface area contributed by atoms with E-state index in [4.69, 9.17) is 0 Å². The zero-order chi connectivity index (χ0) is 70.0. The standard InChI is InChI=1S/C30H21BN2.C26H21BN2.4C3H8.9C2H6/c1-3-12-22(13-4-1)32-26-18-9-7-16-24(26)31-25-17-8-10-19-27(25)33(23-14-5-2-6-15-23)29-21-11-20-28(32)30(29)31;1-2-28-22-15-8-6-13-20(22)27-21-14-7-9-16-23(21)29(19-11-4-3-5-12-19)25-18-10-17-24(28)26(25)27;4*1-3-2;9*1-2/h1-21H;3-18H,2H2,1H3;4*3H2,1-2H3;9*1-2H3. The molecule has 0 amide bonds. The maximum Gasteiger partial charge on any atom is 0.252 e. The van der Waals surface area contributed by atoms with E-state index >= 15 is 0 Å². The summed E-state index contributed by atoms with van der Waals surface area (Å²) in [5.74, 6) is 0. The second-order valence-electron chi connectivity index (χ2n) is 19.1. The summed E-state index contributed by atoms with van der Waals surface area (Å²) in [5.41, 5.74) is 22.0. The Labute approximate surface area is 568 Å². The molecule has 0 aromatic heterocycles. The molecule has 9 aromatic carbocycles. The van der Waals surface area contributed by atoms with Gasteiger partial charge < -0.3 is 19.6 Å². The highest BCUT2D eigenvalue weighted by molar-refractivity contribution is 7.01. The Morgan fingerprint density at radius 3 is 0.641 bits per heavy atom. The van der Waals surface area contributed by atoms with Crippen LogP contribution in [0.25, 0.3) is 0 Å². The third kappa shape index (κ3) is 21.7. The number of benzene rings is 9. The largest absolute Gasteiger partial charge is 0.343 e. The normalized spacial score (nSPS) is 10.4. The Hall–Kier alpha value is -7.69. The van der Waals surface area contributed by atoms with Gasteiger partial charge in [0, 0.05) is 69.1 Å². The molecule has 0 atom stereocenters. The maximum absolute atomic E-state index is 2.46. The Kier molecular flexibility index (Phi) is 49.6. The van der Waals surface area contributed by atoms with Crippen LogP contribution in [0.4, 0.5) is 62.6 Å². The summed E-state index contributed by atoms with van der Waals surface area (Å²) < 4.78 is 0. The Morgan fingerprint density at radius 1 is 0.207 bits per heavy atom. The van der Waals surface area contributed by atoms with Gasteiger partial charge in [0.05, 0.1) is 0 Å². The van der Waals surface area contributed by atoms with E-state index in [0.29, 0.717) is 0 Å². The molecule has 498 valence electrons. The number of para-hydroxylation sites is 7. The first-order chi connectivity index (χ1) is 45.5. The molecule has 0 saturated heterocycles. The number of rotatable bonds is 4. The lowest BCUT2D eigenvalue weighted by Gasteiger charge is -2.44. The number of fused-ring (bicyclic) bond motifs is 8. The first kappa shape index (κ1) is 86.4. The second-order valence-corrected chi connectivity index (χ2v) is 19.1. The van der Waals surface area contributed by atoms with E-state index in [-0.39, 0.29) is 13.4 Å². The number of nitrogens with zero attached hydrogens (tertiary/aromatic N) is 4. The van der Waals surface area contributed by atoms with Gasteiger partial charge in [-0.1, -0.05) is 345 Å². The Morgan fingerprint density at radius 2 is 0.391 bits per heavy atom. The molecule has 0 fully saturated rings. The predicted octanol–water partition coefficient (Wildman–Crippen LogP) is 25.1. The van der Waals surface area contributed by atoms with Crippen molar-refractivity contribution in [3.8, 4) is 0 Å². The Balaban J connectivity index is 0. The Bertz CT molecular complexity index is 3080. The first-order valence-electron chi connectivity index (χ1n) is 36.4. The first-order valence-corrected chi connectivity index (χ1v) is 36.4. The van der Waals surface area contributed by atoms with Crippen LogP contribution in [-0.4, -0.2) is 20.0 Å². The lowest BCUT2D eigenvalue weighted by atomic mass is 9.33. The summed E-state index contributed by atoms with van der Waals surface area (Å²) in [5, 5.41) is 0. The molecule has 0 aliphatic carbocycles. The summed E-state index contributed by atoms with van der Waals surface area (Å²) in [4.78, 5) is 9.72. The molecule has 4 aliphatic rings. The number of anilines is 11. The van der Waals surface area contributed by atoms with E-state index in [2.05, 4.69) is 306 Å². The average Bonchev–Trinajstić information content (AvgIpc) is 0.722. The molecule has 4 heterocycles. The fourth-order valence-corrected chi connectivity index (χ4v) is 10.7. The van der Waals surface area contributed by atoms with Crippen molar-refractivity contribution >= 4 is 109 Å². The van der Waals surface area contributed by atoms with Crippen LogP contribution < -0.4 is 52.4 Å². The van der Waals surface area contributed by atoms with Crippen molar-refractivity contribution in [1.82, 2.24) is 0 Å². The fraction of sp³-hybridized carbons (Fsp3) is 0.372. The maximum atomic E-state index is 2.46.